The second-order valence-electron chi connectivity index (χ2n) is 8.49. The molecule has 200 valence electrons. The van der Waals surface area contributed by atoms with Gasteiger partial charge >= 0.3 is 23.4 Å². The molecule has 4 aromatic rings. The van der Waals surface area contributed by atoms with Gasteiger partial charge in [0.1, 0.15) is 0 Å². The van der Waals surface area contributed by atoms with Crippen molar-refractivity contribution in [3.63, 3.8) is 0 Å². The molecule has 0 bridgehead atoms. The number of rotatable bonds is 6. The van der Waals surface area contributed by atoms with Crippen molar-refractivity contribution >= 4 is 21.0 Å². The zero-order valence-electron chi connectivity index (χ0n) is 19.1. The summed E-state index contributed by atoms with van der Waals surface area (Å²) in [5.74, 6) is -6.43. The van der Waals surface area contributed by atoms with Crippen LogP contribution in [0.2, 0.25) is 0 Å². The molecular weight excluding hydrogens is 545 g/mol. The third-order valence-electron chi connectivity index (χ3n) is 5.86. The minimum atomic E-state index is -6.06. The molecule has 0 N–H and O–H groups in total. The van der Waals surface area contributed by atoms with Crippen molar-refractivity contribution in [3.8, 4) is 22.9 Å². The average Bonchev–Trinajstić information content (AvgIpc) is 3.47. The molecule has 4 heterocycles. The predicted octanol–water partition coefficient (Wildman–Crippen LogP) is 2.09. The van der Waals surface area contributed by atoms with E-state index in [0.29, 0.717) is 5.89 Å². The molecule has 0 amide bonds. The highest BCUT2D eigenvalue weighted by Crippen LogP contribution is 2.43. The SMILES string of the molecule is [CH2+]CS(=O)(=O)c1cc(-c2noc(C3CC3)n2)c[n+]([O-])c1-c1nc2cc(C(F)(F)C(F)(F)F)n[n+]([O-])c2n1C. The molecule has 0 saturated heterocycles. The van der Waals surface area contributed by atoms with Crippen molar-refractivity contribution in [2.75, 3.05) is 5.75 Å². The number of alkyl halides is 5. The van der Waals surface area contributed by atoms with E-state index in [0.717, 1.165) is 36.7 Å². The summed E-state index contributed by atoms with van der Waals surface area (Å²) in [6.45, 7) is 3.35. The highest BCUT2D eigenvalue weighted by atomic mass is 32.2. The minimum absolute atomic E-state index is 0.0437. The molecule has 0 aromatic carbocycles. The zero-order valence-corrected chi connectivity index (χ0v) is 19.9. The van der Waals surface area contributed by atoms with Crippen molar-refractivity contribution in [1.82, 2.24) is 24.8 Å². The number of aryl methyl sites for hydroxylation is 1. The van der Waals surface area contributed by atoms with Crippen LogP contribution >= 0.6 is 0 Å². The van der Waals surface area contributed by atoms with E-state index < -0.39 is 65.8 Å². The van der Waals surface area contributed by atoms with Crippen LogP contribution in [0.5, 0.6) is 0 Å². The lowest BCUT2D eigenvalue weighted by Crippen LogP contribution is -2.41. The Morgan fingerprint density at radius 3 is 2.47 bits per heavy atom. The molecule has 4 aromatic heterocycles. The van der Waals surface area contributed by atoms with Gasteiger partial charge in [-0.3, -0.25) is 0 Å². The Morgan fingerprint density at radius 2 is 1.87 bits per heavy atom. The van der Waals surface area contributed by atoms with E-state index in [1.165, 1.54) is 0 Å². The molecule has 0 radical (unpaired) electrons. The quantitative estimate of drug-likeness (QED) is 0.149. The van der Waals surface area contributed by atoms with Crippen LogP contribution in [0.4, 0.5) is 22.0 Å². The Hall–Kier alpha value is -4.09. The van der Waals surface area contributed by atoms with Crippen LogP contribution in [-0.4, -0.2) is 45.1 Å². The number of fused-ring (bicyclic) bond motifs is 1. The molecule has 0 aliphatic heterocycles. The van der Waals surface area contributed by atoms with Gasteiger partial charge in [-0.2, -0.15) is 36.7 Å². The number of aromatic nitrogens is 7. The van der Waals surface area contributed by atoms with Crippen LogP contribution in [0.1, 0.15) is 30.3 Å². The summed E-state index contributed by atoms with van der Waals surface area (Å²) in [7, 11) is -3.16. The van der Waals surface area contributed by atoms with Crippen molar-refractivity contribution in [2.45, 2.75) is 35.8 Å². The van der Waals surface area contributed by atoms with Crippen LogP contribution < -0.4 is 9.58 Å². The molecule has 0 unspecified atom stereocenters. The molecule has 1 saturated carbocycles. The van der Waals surface area contributed by atoms with Crippen molar-refractivity contribution in [1.29, 1.82) is 0 Å². The number of nitrogens with zero attached hydrogens (tertiary/aromatic N) is 7. The average molecular weight is 560 g/mol. The molecule has 1 aliphatic carbocycles. The minimum Gasteiger partial charge on any atom is -0.691 e. The molecule has 1 fully saturated rings. The molecule has 0 spiro atoms. The first-order chi connectivity index (χ1) is 17.7. The van der Waals surface area contributed by atoms with Gasteiger partial charge in [0.25, 0.3) is 5.82 Å². The lowest BCUT2D eigenvalue weighted by molar-refractivity contribution is -0.647. The Bertz CT molecular complexity index is 1700. The van der Waals surface area contributed by atoms with E-state index in [2.05, 4.69) is 27.1 Å². The van der Waals surface area contributed by atoms with E-state index >= 15 is 0 Å². The first-order valence-corrected chi connectivity index (χ1v) is 12.4. The summed E-state index contributed by atoms with van der Waals surface area (Å²) in [5.41, 5.74) is -3.93. The second-order valence-corrected chi connectivity index (χ2v) is 10.6. The third-order valence-corrected chi connectivity index (χ3v) is 7.38. The highest BCUT2D eigenvalue weighted by molar-refractivity contribution is 7.91. The molecule has 0 atom stereocenters. The lowest BCUT2D eigenvalue weighted by atomic mass is 10.2. The molecule has 12 nitrogen and oxygen atoms in total. The highest BCUT2D eigenvalue weighted by Gasteiger charge is 2.61. The largest absolute Gasteiger partial charge is 0.691 e. The fourth-order valence-corrected chi connectivity index (χ4v) is 4.72. The lowest BCUT2D eigenvalue weighted by Gasteiger charge is -2.18. The Labute approximate surface area is 209 Å². The number of hydrogen-bond acceptors (Lipinski definition) is 9. The van der Waals surface area contributed by atoms with E-state index in [9.17, 15) is 40.8 Å². The molecule has 1 aliphatic rings. The van der Waals surface area contributed by atoms with Gasteiger partial charge in [-0.1, -0.05) is 10.3 Å². The molecule has 5 rings (SSSR count). The maximum Gasteiger partial charge on any atom is 0.459 e. The second kappa shape index (κ2) is 8.20. The van der Waals surface area contributed by atoms with Crippen molar-refractivity contribution in [3.05, 3.63) is 47.3 Å². The van der Waals surface area contributed by atoms with Crippen LogP contribution in [0.3, 0.4) is 0 Å². The van der Waals surface area contributed by atoms with Gasteiger partial charge in [-0.05, 0) is 18.9 Å². The number of pyridine rings is 1. The van der Waals surface area contributed by atoms with Crippen LogP contribution in [0.25, 0.3) is 34.1 Å². The van der Waals surface area contributed by atoms with E-state index in [1.807, 2.05) is 0 Å². The third kappa shape index (κ3) is 3.95. The Morgan fingerprint density at radius 1 is 1.18 bits per heavy atom. The first-order valence-electron chi connectivity index (χ1n) is 10.7. The van der Waals surface area contributed by atoms with Gasteiger partial charge in [-0.25, -0.2) is 13.0 Å². The molecule has 18 heteroatoms. The summed E-state index contributed by atoms with van der Waals surface area (Å²) in [6.07, 6.45) is -3.48. The number of sulfone groups is 1. The maximum absolute atomic E-state index is 13.9. The summed E-state index contributed by atoms with van der Waals surface area (Å²) in [6, 6.07) is 1.29. The van der Waals surface area contributed by atoms with Gasteiger partial charge in [0.15, 0.2) is 28.1 Å². The molecular formula is C20H15F5N7O5S+. The van der Waals surface area contributed by atoms with Crippen LogP contribution in [0.15, 0.2) is 27.7 Å². The monoisotopic (exact) mass is 560 g/mol. The summed E-state index contributed by atoms with van der Waals surface area (Å²) in [4.78, 5) is 6.89. The van der Waals surface area contributed by atoms with Gasteiger partial charge in [0, 0.05) is 12.0 Å². The van der Waals surface area contributed by atoms with Gasteiger partial charge in [-0.15, -0.1) is 4.85 Å². The standard InChI is InChI=1S/C20H15F5N7O5S/c1-3-38(35,36)12-6-10(15-27-17(37-29-15)9-4-5-9)8-31(33)14(12)16-26-11-7-13(19(21,22)20(23,24)25)28-32(34)18(11)30(16)2/h6-9H,1,3-5H2,2H3/q+1. The van der Waals surface area contributed by atoms with Gasteiger partial charge in [0.2, 0.25) is 21.6 Å². The predicted molar refractivity (Wildman–Crippen MR) is 114 cm³/mol. The Kier molecular flexibility index (Phi) is 5.52. The van der Waals surface area contributed by atoms with Gasteiger partial charge in [0.05, 0.1) is 19.5 Å². The summed E-state index contributed by atoms with van der Waals surface area (Å²) < 4.78 is 98.2. The van der Waals surface area contributed by atoms with Crippen molar-refractivity contribution < 1.29 is 44.5 Å². The maximum atomic E-state index is 13.9. The van der Waals surface area contributed by atoms with Crippen molar-refractivity contribution in [2.24, 2.45) is 7.05 Å². The van der Waals surface area contributed by atoms with E-state index in [-0.39, 0.29) is 28.1 Å². The first kappa shape index (κ1) is 25.6. The van der Waals surface area contributed by atoms with Crippen LogP contribution in [-0.2, 0) is 22.8 Å². The van der Waals surface area contributed by atoms with Gasteiger partial charge < -0.3 is 14.9 Å². The fourth-order valence-electron chi connectivity index (χ4n) is 3.72. The molecule has 38 heavy (non-hydrogen) atoms. The normalized spacial score (nSPS) is 14.9. The van der Waals surface area contributed by atoms with Crippen LogP contribution in [0, 0.1) is 17.3 Å². The summed E-state index contributed by atoms with van der Waals surface area (Å²) in [5, 5.41) is 32.1. The summed E-state index contributed by atoms with van der Waals surface area (Å²) >= 11 is 0. The number of halogens is 5. The topological polar surface area (TPSA) is 158 Å². The Balaban J connectivity index is 1.73. The van der Waals surface area contributed by atoms with E-state index in [4.69, 9.17) is 4.52 Å². The number of hydrogen-bond donors (Lipinski definition) is 0. The smallest absolute Gasteiger partial charge is 0.459 e. The zero-order chi connectivity index (χ0) is 27.8. The van der Waals surface area contributed by atoms with E-state index in [1.54, 1.807) is 0 Å². The number of imidazole rings is 1. The fraction of sp³-hybridized carbons (Fsp3) is 0.350.